The summed E-state index contributed by atoms with van der Waals surface area (Å²) >= 11 is 0. The topological polar surface area (TPSA) is 78.9 Å². The van der Waals surface area contributed by atoms with Gasteiger partial charge in [0.2, 0.25) is 0 Å². The molecule has 2 rings (SSSR count). The zero-order valence-corrected chi connectivity index (χ0v) is 11.3. The molecule has 0 bridgehead atoms. The summed E-state index contributed by atoms with van der Waals surface area (Å²) in [6.07, 6.45) is 3.86. The van der Waals surface area contributed by atoms with E-state index in [0.29, 0.717) is 19.1 Å². The van der Waals surface area contributed by atoms with Gasteiger partial charge in [0.1, 0.15) is 6.04 Å². The first-order valence-electron chi connectivity index (χ1n) is 6.90. The number of urea groups is 1. The predicted octanol–water partition coefficient (Wildman–Crippen LogP) is 0.918. The highest BCUT2D eigenvalue weighted by Gasteiger charge is 2.37. The van der Waals surface area contributed by atoms with Gasteiger partial charge in [0.05, 0.1) is 6.61 Å². The Morgan fingerprint density at radius 2 is 2.16 bits per heavy atom. The summed E-state index contributed by atoms with van der Waals surface area (Å²) in [5.74, 6) is -0.480. The minimum absolute atomic E-state index is 0.105. The number of hydrogen-bond acceptors (Lipinski definition) is 3. The van der Waals surface area contributed by atoms with E-state index in [0.717, 1.165) is 32.3 Å². The quantitative estimate of drug-likeness (QED) is 0.778. The molecule has 0 aromatic carbocycles. The third-order valence-corrected chi connectivity index (χ3v) is 3.77. The fourth-order valence-corrected chi connectivity index (χ4v) is 2.48. The van der Waals surface area contributed by atoms with Crippen molar-refractivity contribution in [2.24, 2.45) is 11.8 Å². The van der Waals surface area contributed by atoms with E-state index in [9.17, 15) is 9.59 Å². The molecule has 0 aromatic heterocycles. The Morgan fingerprint density at radius 3 is 2.68 bits per heavy atom. The van der Waals surface area contributed by atoms with Crippen LogP contribution in [-0.4, -0.2) is 54.9 Å². The van der Waals surface area contributed by atoms with Crippen LogP contribution in [0.15, 0.2) is 0 Å². The van der Waals surface area contributed by atoms with Gasteiger partial charge in [-0.2, -0.15) is 0 Å². The predicted molar refractivity (Wildman–Crippen MR) is 68.9 cm³/mol. The summed E-state index contributed by atoms with van der Waals surface area (Å²) in [7, 11) is 1.70. The van der Waals surface area contributed by atoms with E-state index < -0.39 is 12.0 Å². The lowest BCUT2D eigenvalue weighted by atomic mass is 10.0. The maximum Gasteiger partial charge on any atom is 0.326 e. The van der Waals surface area contributed by atoms with Crippen LogP contribution >= 0.6 is 0 Å². The van der Waals surface area contributed by atoms with E-state index in [1.807, 2.05) is 0 Å². The molecule has 2 unspecified atom stereocenters. The Kier molecular flexibility index (Phi) is 4.63. The molecular formula is C13H22N2O4. The zero-order valence-electron chi connectivity index (χ0n) is 11.3. The van der Waals surface area contributed by atoms with Gasteiger partial charge < -0.3 is 20.1 Å². The van der Waals surface area contributed by atoms with Crippen molar-refractivity contribution in [3.63, 3.8) is 0 Å². The van der Waals surface area contributed by atoms with Gasteiger partial charge in [-0.25, -0.2) is 9.59 Å². The van der Waals surface area contributed by atoms with Crippen molar-refractivity contribution in [2.75, 3.05) is 26.8 Å². The molecule has 2 fully saturated rings. The first kappa shape index (κ1) is 14.1. The van der Waals surface area contributed by atoms with E-state index in [4.69, 9.17) is 9.84 Å². The fraction of sp³-hybridized carbons (Fsp3) is 0.846. The molecule has 1 heterocycles. The highest BCUT2D eigenvalue weighted by atomic mass is 16.5. The summed E-state index contributed by atoms with van der Waals surface area (Å²) < 4.78 is 5.38. The van der Waals surface area contributed by atoms with Gasteiger partial charge >= 0.3 is 12.0 Å². The number of rotatable bonds is 5. The molecular weight excluding hydrogens is 248 g/mol. The number of amides is 2. The minimum atomic E-state index is -0.940. The van der Waals surface area contributed by atoms with Crippen molar-refractivity contribution in [1.82, 2.24) is 10.2 Å². The first-order chi connectivity index (χ1) is 9.08. The Bertz CT molecular complexity index is 338. The molecule has 19 heavy (non-hydrogen) atoms. The summed E-state index contributed by atoms with van der Waals surface area (Å²) in [4.78, 5) is 24.6. The molecule has 6 nitrogen and oxygen atoms in total. The maximum absolute atomic E-state index is 12.0. The molecule has 2 atom stereocenters. The third-order valence-electron chi connectivity index (χ3n) is 3.77. The van der Waals surface area contributed by atoms with Crippen LogP contribution in [-0.2, 0) is 9.53 Å². The number of carbonyl (C=O) groups excluding carboxylic acids is 1. The molecule has 1 saturated carbocycles. The smallest absolute Gasteiger partial charge is 0.326 e. The highest BCUT2D eigenvalue weighted by Crippen LogP contribution is 2.32. The van der Waals surface area contributed by atoms with E-state index >= 15 is 0 Å². The Balaban J connectivity index is 1.78. The van der Waals surface area contributed by atoms with Crippen LogP contribution in [0.3, 0.4) is 0 Å². The van der Waals surface area contributed by atoms with Crippen molar-refractivity contribution in [3.05, 3.63) is 0 Å². The summed E-state index contributed by atoms with van der Waals surface area (Å²) in [6.45, 7) is 2.10. The molecule has 108 valence electrons. The summed E-state index contributed by atoms with van der Waals surface area (Å²) in [5.41, 5.74) is 0. The molecule has 1 aliphatic heterocycles. The van der Waals surface area contributed by atoms with Crippen molar-refractivity contribution in [2.45, 2.75) is 31.7 Å². The number of carbonyl (C=O) groups is 2. The van der Waals surface area contributed by atoms with Gasteiger partial charge in [-0.1, -0.05) is 0 Å². The second-order valence-electron chi connectivity index (χ2n) is 5.57. The third kappa shape index (κ3) is 4.09. The molecule has 1 saturated heterocycles. The number of carboxylic acids is 1. The molecule has 0 radical (unpaired) electrons. The van der Waals surface area contributed by atoms with Crippen LogP contribution in [0.25, 0.3) is 0 Å². The van der Waals surface area contributed by atoms with Gasteiger partial charge in [0.15, 0.2) is 0 Å². The molecule has 0 aromatic rings. The van der Waals surface area contributed by atoms with Gasteiger partial charge in [-0.3, -0.25) is 0 Å². The SMILES string of the molecule is CN(CC1CCCOC1)C(=O)NC(C(=O)O)C1CC1. The van der Waals surface area contributed by atoms with Crippen molar-refractivity contribution >= 4 is 12.0 Å². The average Bonchev–Trinajstić information content (AvgIpc) is 3.20. The van der Waals surface area contributed by atoms with Gasteiger partial charge in [-0.05, 0) is 31.6 Å². The van der Waals surface area contributed by atoms with Gasteiger partial charge in [0.25, 0.3) is 0 Å². The van der Waals surface area contributed by atoms with Crippen LogP contribution in [0.5, 0.6) is 0 Å². The van der Waals surface area contributed by atoms with E-state index in [2.05, 4.69) is 5.32 Å². The van der Waals surface area contributed by atoms with Crippen LogP contribution in [0.1, 0.15) is 25.7 Å². The van der Waals surface area contributed by atoms with Crippen molar-refractivity contribution < 1.29 is 19.4 Å². The Morgan fingerprint density at radius 1 is 1.42 bits per heavy atom. The summed E-state index contributed by atoms with van der Waals surface area (Å²) in [5, 5.41) is 11.7. The standard InChI is InChI=1S/C13H22N2O4/c1-15(7-9-3-2-6-19-8-9)13(18)14-11(12(16)17)10-4-5-10/h9-11H,2-8H2,1H3,(H,14,18)(H,16,17). The van der Waals surface area contributed by atoms with Gasteiger partial charge in [-0.15, -0.1) is 0 Å². The monoisotopic (exact) mass is 270 g/mol. The Hall–Kier alpha value is -1.30. The number of ether oxygens (including phenoxy) is 1. The highest BCUT2D eigenvalue weighted by molar-refractivity contribution is 5.83. The fourth-order valence-electron chi connectivity index (χ4n) is 2.48. The van der Waals surface area contributed by atoms with E-state index in [1.54, 1.807) is 11.9 Å². The molecule has 2 N–H and O–H groups in total. The van der Waals surface area contributed by atoms with Crippen molar-refractivity contribution in [1.29, 1.82) is 0 Å². The lowest BCUT2D eigenvalue weighted by Gasteiger charge is -2.28. The average molecular weight is 270 g/mol. The van der Waals surface area contributed by atoms with Crippen LogP contribution in [0.4, 0.5) is 4.79 Å². The number of nitrogens with zero attached hydrogens (tertiary/aromatic N) is 1. The van der Waals surface area contributed by atoms with Gasteiger partial charge in [0, 0.05) is 26.1 Å². The molecule has 2 aliphatic rings. The van der Waals surface area contributed by atoms with Crippen LogP contribution < -0.4 is 5.32 Å². The zero-order chi connectivity index (χ0) is 13.8. The normalized spacial score (nSPS) is 24.6. The number of hydrogen-bond donors (Lipinski definition) is 2. The Labute approximate surface area is 113 Å². The number of nitrogens with one attached hydrogen (secondary N) is 1. The summed E-state index contributed by atoms with van der Waals surface area (Å²) in [6, 6.07) is -1.04. The van der Waals surface area contributed by atoms with Crippen LogP contribution in [0.2, 0.25) is 0 Å². The second kappa shape index (κ2) is 6.23. The number of aliphatic carboxylic acids is 1. The van der Waals surface area contributed by atoms with E-state index in [-0.39, 0.29) is 11.9 Å². The van der Waals surface area contributed by atoms with Crippen molar-refractivity contribution in [3.8, 4) is 0 Å². The molecule has 2 amide bonds. The lowest BCUT2D eigenvalue weighted by molar-refractivity contribution is -0.139. The molecule has 0 spiro atoms. The molecule has 1 aliphatic carbocycles. The maximum atomic E-state index is 12.0. The second-order valence-corrected chi connectivity index (χ2v) is 5.57. The van der Waals surface area contributed by atoms with Crippen LogP contribution in [0, 0.1) is 11.8 Å². The first-order valence-corrected chi connectivity index (χ1v) is 6.90. The van der Waals surface area contributed by atoms with E-state index in [1.165, 1.54) is 0 Å². The molecule has 6 heteroatoms. The number of carboxylic acid groups (broad SMARTS) is 1. The largest absolute Gasteiger partial charge is 0.480 e. The minimum Gasteiger partial charge on any atom is -0.480 e. The lowest BCUT2D eigenvalue weighted by Crippen LogP contribution is -2.49.